The molecule has 3 heterocycles. The van der Waals surface area contributed by atoms with E-state index in [4.69, 9.17) is 4.74 Å². The molecular formula is C22H39N5OS. The van der Waals surface area contributed by atoms with Gasteiger partial charge in [0.05, 0.1) is 19.3 Å². The van der Waals surface area contributed by atoms with E-state index in [0.29, 0.717) is 6.04 Å². The molecule has 7 heteroatoms. The molecule has 1 aromatic rings. The van der Waals surface area contributed by atoms with Gasteiger partial charge in [-0.05, 0) is 57.1 Å². The van der Waals surface area contributed by atoms with Crippen LogP contribution in [0.25, 0.3) is 0 Å². The molecule has 29 heavy (non-hydrogen) atoms. The Morgan fingerprint density at radius 3 is 2.83 bits per heavy atom. The molecule has 1 aromatic heterocycles. The van der Waals surface area contributed by atoms with Crippen molar-refractivity contribution >= 4 is 17.3 Å². The number of ether oxygens (including phenoxy) is 1. The Hall–Kier alpha value is -1.15. The summed E-state index contributed by atoms with van der Waals surface area (Å²) in [4.78, 5) is 11.0. The second-order valence-corrected chi connectivity index (χ2v) is 9.13. The third-order valence-electron chi connectivity index (χ3n) is 6.15. The lowest BCUT2D eigenvalue weighted by Crippen LogP contribution is -2.46. The maximum absolute atomic E-state index is 5.54. The molecule has 2 saturated heterocycles. The van der Waals surface area contributed by atoms with Gasteiger partial charge in [0.15, 0.2) is 5.96 Å². The quantitative estimate of drug-likeness (QED) is 0.365. The summed E-state index contributed by atoms with van der Waals surface area (Å²) in [6.45, 7) is 10.4. The van der Waals surface area contributed by atoms with Gasteiger partial charge in [-0.3, -0.25) is 9.89 Å². The van der Waals surface area contributed by atoms with Crippen molar-refractivity contribution in [3.63, 3.8) is 0 Å². The van der Waals surface area contributed by atoms with E-state index in [2.05, 4.69) is 49.9 Å². The SMILES string of the molecule is CN=C(NCCCCN1CCCCC1C)NCC(c1cccs1)N1CCOCC1. The summed E-state index contributed by atoms with van der Waals surface area (Å²) < 4.78 is 5.54. The largest absolute Gasteiger partial charge is 0.379 e. The van der Waals surface area contributed by atoms with Crippen molar-refractivity contribution in [1.82, 2.24) is 20.4 Å². The van der Waals surface area contributed by atoms with E-state index in [1.807, 2.05) is 18.4 Å². The molecule has 3 rings (SSSR count). The van der Waals surface area contributed by atoms with Crippen molar-refractivity contribution in [1.29, 1.82) is 0 Å². The van der Waals surface area contributed by atoms with Crippen LogP contribution in [0.3, 0.4) is 0 Å². The predicted octanol–water partition coefficient (Wildman–Crippen LogP) is 2.94. The molecule has 2 aliphatic rings. The van der Waals surface area contributed by atoms with Crippen LogP contribution >= 0.6 is 11.3 Å². The molecule has 2 N–H and O–H groups in total. The van der Waals surface area contributed by atoms with E-state index in [9.17, 15) is 0 Å². The van der Waals surface area contributed by atoms with Crippen LogP contribution in [0.1, 0.15) is 49.9 Å². The second kappa shape index (κ2) is 12.5. The normalized spacial score (nSPS) is 23.1. The van der Waals surface area contributed by atoms with Gasteiger partial charge in [-0.2, -0.15) is 0 Å². The average Bonchev–Trinajstić information content (AvgIpc) is 3.29. The highest BCUT2D eigenvalue weighted by atomic mass is 32.1. The molecule has 2 fully saturated rings. The number of aliphatic imine (C=N–C) groups is 1. The van der Waals surface area contributed by atoms with E-state index in [1.165, 1.54) is 50.1 Å². The number of unbranched alkanes of at least 4 members (excludes halogenated alkanes) is 1. The van der Waals surface area contributed by atoms with Crippen molar-refractivity contribution in [3.8, 4) is 0 Å². The van der Waals surface area contributed by atoms with Crippen LogP contribution in [-0.4, -0.2) is 81.3 Å². The first-order chi connectivity index (χ1) is 14.3. The summed E-state index contributed by atoms with van der Waals surface area (Å²) in [7, 11) is 1.86. The van der Waals surface area contributed by atoms with Gasteiger partial charge in [0, 0.05) is 44.1 Å². The van der Waals surface area contributed by atoms with Gasteiger partial charge in [0.25, 0.3) is 0 Å². The zero-order chi connectivity index (χ0) is 20.3. The van der Waals surface area contributed by atoms with Gasteiger partial charge in [0.1, 0.15) is 0 Å². The van der Waals surface area contributed by atoms with Crippen molar-refractivity contribution in [2.45, 2.75) is 51.1 Å². The Bertz CT molecular complexity index is 588. The molecule has 2 atom stereocenters. The molecule has 164 valence electrons. The summed E-state index contributed by atoms with van der Waals surface area (Å²) in [6, 6.07) is 5.52. The average molecular weight is 422 g/mol. The first-order valence-corrected chi connectivity index (χ1v) is 12.2. The minimum atomic E-state index is 0.373. The Morgan fingerprint density at radius 2 is 2.10 bits per heavy atom. The standard InChI is InChI=1S/C22H39N5OS/c1-19-8-3-5-11-26(19)12-6-4-10-24-22(23-2)25-18-20(21-9-7-17-29-21)27-13-15-28-16-14-27/h7,9,17,19-20H,3-6,8,10-16,18H2,1-2H3,(H2,23,24,25). The van der Waals surface area contributed by atoms with Gasteiger partial charge < -0.3 is 20.3 Å². The molecular weight excluding hydrogens is 382 g/mol. The molecule has 0 radical (unpaired) electrons. The number of nitrogens with one attached hydrogen (secondary N) is 2. The highest BCUT2D eigenvalue weighted by Crippen LogP contribution is 2.25. The van der Waals surface area contributed by atoms with Crippen LogP contribution in [0.2, 0.25) is 0 Å². The first-order valence-electron chi connectivity index (χ1n) is 11.3. The fourth-order valence-electron chi connectivity index (χ4n) is 4.33. The van der Waals surface area contributed by atoms with Crippen LogP contribution in [0.15, 0.2) is 22.5 Å². The Labute approximate surface area is 180 Å². The highest BCUT2D eigenvalue weighted by molar-refractivity contribution is 7.10. The third kappa shape index (κ3) is 7.24. The number of guanidine groups is 1. The van der Waals surface area contributed by atoms with Crippen molar-refractivity contribution < 1.29 is 4.74 Å². The molecule has 0 aliphatic carbocycles. The zero-order valence-corrected chi connectivity index (χ0v) is 19.1. The molecule has 2 unspecified atom stereocenters. The lowest BCUT2D eigenvalue weighted by Gasteiger charge is -2.34. The number of piperidine rings is 1. The zero-order valence-electron chi connectivity index (χ0n) is 18.2. The Kier molecular flexibility index (Phi) is 9.73. The maximum Gasteiger partial charge on any atom is 0.191 e. The van der Waals surface area contributed by atoms with Crippen LogP contribution in [-0.2, 0) is 4.74 Å². The van der Waals surface area contributed by atoms with Crippen molar-refractivity contribution in [3.05, 3.63) is 22.4 Å². The van der Waals surface area contributed by atoms with Crippen LogP contribution in [0, 0.1) is 0 Å². The summed E-state index contributed by atoms with van der Waals surface area (Å²) in [5, 5.41) is 9.22. The summed E-state index contributed by atoms with van der Waals surface area (Å²) in [5.41, 5.74) is 0. The minimum absolute atomic E-state index is 0.373. The summed E-state index contributed by atoms with van der Waals surface area (Å²) in [6.07, 6.45) is 6.57. The summed E-state index contributed by atoms with van der Waals surface area (Å²) in [5.74, 6) is 0.908. The van der Waals surface area contributed by atoms with Gasteiger partial charge in [0.2, 0.25) is 0 Å². The molecule has 0 aromatic carbocycles. The number of thiophene rings is 1. The van der Waals surface area contributed by atoms with Crippen molar-refractivity contribution in [2.24, 2.45) is 4.99 Å². The second-order valence-electron chi connectivity index (χ2n) is 8.15. The van der Waals surface area contributed by atoms with Crippen LogP contribution < -0.4 is 10.6 Å². The van der Waals surface area contributed by atoms with E-state index >= 15 is 0 Å². The first kappa shape index (κ1) is 22.5. The van der Waals surface area contributed by atoms with Gasteiger partial charge >= 0.3 is 0 Å². The smallest absolute Gasteiger partial charge is 0.191 e. The lowest BCUT2D eigenvalue weighted by atomic mass is 10.0. The van der Waals surface area contributed by atoms with Crippen molar-refractivity contribution in [2.75, 3.05) is 59.5 Å². The maximum atomic E-state index is 5.54. The molecule has 0 bridgehead atoms. The monoisotopic (exact) mass is 421 g/mol. The molecule has 0 saturated carbocycles. The molecule has 0 amide bonds. The van der Waals surface area contributed by atoms with E-state index in [1.54, 1.807) is 0 Å². The van der Waals surface area contributed by atoms with E-state index < -0.39 is 0 Å². The minimum Gasteiger partial charge on any atom is -0.379 e. The van der Waals surface area contributed by atoms with E-state index in [0.717, 1.165) is 51.4 Å². The van der Waals surface area contributed by atoms with Gasteiger partial charge in [-0.1, -0.05) is 12.5 Å². The number of hydrogen-bond donors (Lipinski definition) is 2. The third-order valence-corrected chi connectivity index (χ3v) is 7.12. The number of rotatable bonds is 9. The lowest BCUT2D eigenvalue weighted by molar-refractivity contribution is 0.0177. The topological polar surface area (TPSA) is 52.1 Å². The Morgan fingerprint density at radius 1 is 1.24 bits per heavy atom. The molecule has 6 nitrogen and oxygen atoms in total. The van der Waals surface area contributed by atoms with Gasteiger partial charge in [-0.15, -0.1) is 11.3 Å². The predicted molar refractivity (Wildman–Crippen MR) is 123 cm³/mol. The number of likely N-dealkylation sites (tertiary alicyclic amines) is 1. The fraction of sp³-hybridized carbons (Fsp3) is 0.773. The van der Waals surface area contributed by atoms with Crippen LogP contribution in [0.5, 0.6) is 0 Å². The van der Waals surface area contributed by atoms with Crippen LogP contribution in [0.4, 0.5) is 0 Å². The van der Waals surface area contributed by atoms with E-state index in [-0.39, 0.29) is 0 Å². The van der Waals surface area contributed by atoms with Gasteiger partial charge in [-0.25, -0.2) is 0 Å². The molecule has 2 aliphatic heterocycles. The molecule has 0 spiro atoms. The fourth-order valence-corrected chi connectivity index (χ4v) is 5.19. The number of hydrogen-bond acceptors (Lipinski definition) is 5. The Balaban J connectivity index is 1.38. The summed E-state index contributed by atoms with van der Waals surface area (Å²) >= 11 is 1.83. The number of nitrogens with zero attached hydrogens (tertiary/aromatic N) is 3. The highest BCUT2D eigenvalue weighted by Gasteiger charge is 2.23. The number of morpholine rings is 1.